The largest absolute Gasteiger partial charge is 0.453 e. The summed E-state index contributed by atoms with van der Waals surface area (Å²) in [4.78, 5) is 72.0. The minimum absolute atomic E-state index is 0.0549. The maximum Gasteiger partial charge on any atom is 0.407 e. The molecule has 0 radical (unpaired) electrons. The van der Waals surface area contributed by atoms with E-state index in [0.29, 0.717) is 19.5 Å². The fourth-order valence-corrected chi connectivity index (χ4v) is 10.1. The van der Waals surface area contributed by atoms with Gasteiger partial charge in [-0.15, -0.1) is 0 Å². The molecule has 14 heteroatoms. The Kier molecular flexibility index (Phi) is 11.7. The minimum Gasteiger partial charge on any atom is -0.453 e. The van der Waals surface area contributed by atoms with E-state index in [2.05, 4.69) is 44.9 Å². The van der Waals surface area contributed by atoms with Crippen molar-refractivity contribution in [2.24, 2.45) is 11.8 Å². The summed E-state index contributed by atoms with van der Waals surface area (Å²) < 4.78 is 9.60. The zero-order chi connectivity index (χ0) is 40.5. The topological polar surface area (TPSA) is 175 Å². The number of carbonyl (C=O) groups excluding carboxylic acids is 4. The summed E-state index contributed by atoms with van der Waals surface area (Å²) in [6, 6.07) is 7.32. The number of alkyl carbamates (subject to hydrolysis) is 2. The van der Waals surface area contributed by atoms with Gasteiger partial charge in [-0.25, -0.2) is 19.6 Å². The number of aromatic nitrogens is 4. The molecule has 8 rings (SSSR count). The number of nitrogens with one attached hydrogen (secondary N) is 4. The molecule has 3 aromatic rings. The normalized spacial score (nSPS) is 25.5. The number of imidazole rings is 2. The van der Waals surface area contributed by atoms with Crippen LogP contribution in [0.4, 0.5) is 9.59 Å². The molecule has 4 amide bonds. The van der Waals surface area contributed by atoms with Crippen molar-refractivity contribution in [3.05, 3.63) is 59.6 Å². The molecule has 4 atom stereocenters. The number of rotatable bonds is 12. The Balaban J connectivity index is 0.992. The Morgan fingerprint density at radius 1 is 0.754 bits per heavy atom. The Bertz CT molecular complexity index is 1890. The van der Waals surface area contributed by atoms with E-state index in [4.69, 9.17) is 19.4 Å². The number of methoxy groups -OCH3 is 2. The molecular formula is C43H60N8O6. The summed E-state index contributed by atoms with van der Waals surface area (Å²) in [7, 11) is 2.62. The summed E-state index contributed by atoms with van der Waals surface area (Å²) in [5, 5.41) is 5.48. The molecule has 5 aliphatic rings. The summed E-state index contributed by atoms with van der Waals surface area (Å²) >= 11 is 0. The van der Waals surface area contributed by atoms with E-state index in [-0.39, 0.29) is 46.6 Å². The molecule has 57 heavy (non-hydrogen) atoms. The number of carbonyl (C=O) groups is 4. The van der Waals surface area contributed by atoms with Crippen LogP contribution in [0.25, 0.3) is 11.3 Å². The minimum atomic E-state index is -0.659. The lowest BCUT2D eigenvalue weighted by Gasteiger charge is -2.53. The number of aromatic amines is 2. The first-order chi connectivity index (χ1) is 27.4. The van der Waals surface area contributed by atoms with Crippen LogP contribution in [-0.2, 0) is 29.9 Å². The van der Waals surface area contributed by atoms with E-state index in [1.807, 2.05) is 49.9 Å². The van der Waals surface area contributed by atoms with Crippen molar-refractivity contribution >= 4 is 24.0 Å². The number of hydrogen-bond acceptors (Lipinski definition) is 8. The Hall–Kier alpha value is -4.88. The van der Waals surface area contributed by atoms with Gasteiger partial charge in [0.15, 0.2) is 0 Å². The highest BCUT2D eigenvalue weighted by atomic mass is 16.5. The molecule has 2 aromatic heterocycles. The lowest BCUT2D eigenvalue weighted by Crippen LogP contribution is -2.51. The van der Waals surface area contributed by atoms with Crippen LogP contribution in [0, 0.1) is 11.8 Å². The first-order valence-electron chi connectivity index (χ1n) is 20.9. The van der Waals surface area contributed by atoms with Gasteiger partial charge >= 0.3 is 12.2 Å². The second-order valence-corrected chi connectivity index (χ2v) is 17.6. The van der Waals surface area contributed by atoms with Crippen molar-refractivity contribution in [1.29, 1.82) is 0 Å². The van der Waals surface area contributed by atoms with Gasteiger partial charge in [-0.05, 0) is 99.0 Å². The number of nitrogens with zero attached hydrogens (tertiary/aromatic N) is 4. The number of likely N-dealkylation sites (tertiary alicyclic amines) is 2. The second-order valence-electron chi connectivity index (χ2n) is 17.6. The molecule has 2 aliphatic heterocycles. The zero-order valence-corrected chi connectivity index (χ0v) is 34.4. The number of ether oxygens (including phenoxy) is 2. The van der Waals surface area contributed by atoms with Crippen LogP contribution in [0.15, 0.2) is 36.7 Å². The van der Waals surface area contributed by atoms with Crippen molar-refractivity contribution in [3.63, 3.8) is 0 Å². The Morgan fingerprint density at radius 3 is 1.88 bits per heavy atom. The zero-order valence-electron chi connectivity index (χ0n) is 34.4. The van der Waals surface area contributed by atoms with Gasteiger partial charge in [-0.2, -0.15) is 0 Å². The number of amides is 4. The molecule has 4 unspecified atom stereocenters. The SMILES string of the molecule is COC(=O)NC(CC(C)C)C(=O)N1CCCC1c1ncc(-c2ccc(C34CCC(c5cnc(C6CCCN6C(=O)C(NC(=O)OC)C(C)C)[nH]5)(CC3)CC4)cc2)[nH]1. The van der Waals surface area contributed by atoms with Gasteiger partial charge < -0.3 is 39.9 Å². The van der Waals surface area contributed by atoms with Crippen LogP contribution in [0.1, 0.15) is 133 Å². The number of H-pyrrole nitrogens is 2. The van der Waals surface area contributed by atoms with Crippen LogP contribution in [0.3, 0.4) is 0 Å². The van der Waals surface area contributed by atoms with Crippen molar-refractivity contribution in [2.75, 3.05) is 27.3 Å². The summed E-state index contributed by atoms with van der Waals surface area (Å²) in [5.41, 5.74) is 4.74. The average molecular weight is 785 g/mol. The Labute approximate surface area is 335 Å². The summed E-state index contributed by atoms with van der Waals surface area (Å²) in [6.07, 6.45) is 13.1. The molecule has 308 valence electrons. The first-order valence-corrected chi connectivity index (χ1v) is 20.9. The van der Waals surface area contributed by atoms with Gasteiger partial charge in [0.25, 0.3) is 0 Å². The van der Waals surface area contributed by atoms with E-state index in [9.17, 15) is 19.2 Å². The van der Waals surface area contributed by atoms with Crippen molar-refractivity contribution in [1.82, 2.24) is 40.4 Å². The molecule has 4 N–H and O–H groups in total. The van der Waals surface area contributed by atoms with Gasteiger partial charge in [-0.3, -0.25) is 9.59 Å². The molecule has 1 aromatic carbocycles. The molecule has 3 saturated carbocycles. The smallest absolute Gasteiger partial charge is 0.407 e. The van der Waals surface area contributed by atoms with Gasteiger partial charge in [0.2, 0.25) is 11.8 Å². The fraction of sp³-hybridized carbons (Fsp3) is 0.628. The lowest BCUT2D eigenvalue weighted by atomic mass is 9.51. The Morgan fingerprint density at radius 2 is 1.30 bits per heavy atom. The monoisotopic (exact) mass is 784 g/mol. The highest BCUT2D eigenvalue weighted by molar-refractivity contribution is 5.87. The number of hydrogen-bond donors (Lipinski definition) is 4. The molecule has 2 saturated heterocycles. The van der Waals surface area contributed by atoms with E-state index in [0.717, 1.165) is 87.1 Å². The highest BCUT2D eigenvalue weighted by Gasteiger charge is 2.51. The molecule has 3 aliphatic carbocycles. The maximum absolute atomic E-state index is 13.7. The van der Waals surface area contributed by atoms with E-state index >= 15 is 0 Å². The van der Waals surface area contributed by atoms with E-state index in [1.54, 1.807) is 0 Å². The first kappa shape index (κ1) is 40.3. The molecule has 5 fully saturated rings. The summed E-state index contributed by atoms with van der Waals surface area (Å²) in [6.45, 7) is 9.18. The van der Waals surface area contributed by atoms with Crippen molar-refractivity contribution in [2.45, 2.75) is 133 Å². The van der Waals surface area contributed by atoms with Crippen LogP contribution >= 0.6 is 0 Å². The molecule has 0 spiro atoms. The molecule has 2 bridgehead atoms. The predicted octanol–water partition coefficient (Wildman–Crippen LogP) is 6.82. The van der Waals surface area contributed by atoms with Gasteiger partial charge in [-0.1, -0.05) is 52.0 Å². The van der Waals surface area contributed by atoms with Gasteiger partial charge in [0, 0.05) is 30.4 Å². The molecule has 14 nitrogen and oxygen atoms in total. The van der Waals surface area contributed by atoms with Gasteiger partial charge in [0.1, 0.15) is 23.7 Å². The predicted molar refractivity (Wildman–Crippen MR) is 214 cm³/mol. The third kappa shape index (κ3) is 8.01. The van der Waals surface area contributed by atoms with Crippen molar-refractivity contribution in [3.8, 4) is 11.3 Å². The third-order valence-electron chi connectivity index (χ3n) is 13.4. The lowest BCUT2D eigenvalue weighted by molar-refractivity contribution is -0.136. The van der Waals surface area contributed by atoms with Crippen molar-refractivity contribution < 1.29 is 28.7 Å². The van der Waals surface area contributed by atoms with E-state index in [1.165, 1.54) is 25.5 Å². The number of benzene rings is 1. The molecule has 4 heterocycles. The maximum atomic E-state index is 13.7. The highest BCUT2D eigenvalue weighted by Crippen LogP contribution is 2.58. The summed E-state index contributed by atoms with van der Waals surface area (Å²) in [5.74, 6) is 1.54. The quantitative estimate of drug-likeness (QED) is 0.155. The fourth-order valence-electron chi connectivity index (χ4n) is 10.1. The van der Waals surface area contributed by atoms with Gasteiger partial charge in [0.05, 0.1) is 38.2 Å². The average Bonchev–Trinajstić information content (AvgIpc) is 4.06. The second kappa shape index (κ2) is 16.5. The van der Waals surface area contributed by atoms with Crippen LogP contribution in [-0.4, -0.2) is 93.1 Å². The molecular weight excluding hydrogens is 725 g/mol. The standard InChI is InChI=1S/C43H60N8O6/c1-26(2)23-30(47-40(54)56-5)38(52)50-21-7-9-32(50)36-44-24-31(46-36)28-11-13-29(14-12-28)42-15-18-43(19-16-42,20-17-42)34-25-45-37(48-34)33-10-8-22-51(33)39(53)35(27(3)4)49-41(55)57-6/h11-14,24-27,30,32-33,35H,7-10,15-23H2,1-6H3,(H,44,46)(H,45,48)(H,47,54)(H,49,55). The van der Waals surface area contributed by atoms with Crippen LogP contribution in [0.2, 0.25) is 0 Å². The van der Waals surface area contributed by atoms with Crippen LogP contribution in [0.5, 0.6) is 0 Å². The van der Waals surface area contributed by atoms with E-state index < -0.39 is 24.3 Å². The third-order valence-corrected chi connectivity index (χ3v) is 13.4. The van der Waals surface area contributed by atoms with Crippen LogP contribution < -0.4 is 10.6 Å². The number of fused-ring (bicyclic) bond motifs is 3.